The molecule has 106 valence electrons. The van der Waals surface area contributed by atoms with Gasteiger partial charge in [0.05, 0.1) is 7.11 Å². The van der Waals surface area contributed by atoms with E-state index in [1.807, 2.05) is 12.1 Å². The van der Waals surface area contributed by atoms with E-state index in [4.69, 9.17) is 10.5 Å². The van der Waals surface area contributed by atoms with Crippen LogP contribution in [-0.2, 0) is 6.54 Å². The molecule has 4 nitrogen and oxygen atoms in total. The van der Waals surface area contributed by atoms with Crippen LogP contribution in [0.15, 0.2) is 18.2 Å². The molecule has 0 amide bonds. The van der Waals surface area contributed by atoms with E-state index in [0.29, 0.717) is 11.7 Å². The van der Waals surface area contributed by atoms with Gasteiger partial charge in [0.1, 0.15) is 0 Å². The highest BCUT2D eigenvalue weighted by atomic mass is 16.5. The Hall–Kier alpha value is -1.26. The minimum Gasteiger partial charge on any atom is -0.504 e. The van der Waals surface area contributed by atoms with Crippen LogP contribution in [0.2, 0.25) is 0 Å². The summed E-state index contributed by atoms with van der Waals surface area (Å²) in [7, 11) is 1.58. The Bertz CT molecular complexity index is 421. The molecule has 1 fully saturated rings. The second-order valence-electron chi connectivity index (χ2n) is 5.50. The number of hydrogen-bond donors (Lipinski definition) is 2. The number of rotatable bonds is 4. The van der Waals surface area contributed by atoms with Crippen molar-refractivity contribution in [1.82, 2.24) is 4.90 Å². The molecule has 0 spiro atoms. The molecular formula is C15H24N2O2. The summed E-state index contributed by atoms with van der Waals surface area (Å²) >= 11 is 0. The average molecular weight is 264 g/mol. The highest BCUT2D eigenvalue weighted by Crippen LogP contribution is 2.28. The van der Waals surface area contributed by atoms with Crippen molar-refractivity contribution in [2.75, 3.05) is 20.2 Å². The summed E-state index contributed by atoms with van der Waals surface area (Å²) in [6.07, 6.45) is 2.44. The molecule has 2 rings (SSSR count). The van der Waals surface area contributed by atoms with Gasteiger partial charge in [-0.3, -0.25) is 4.90 Å². The lowest BCUT2D eigenvalue weighted by atomic mass is 9.92. The van der Waals surface area contributed by atoms with Crippen molar-refractivity contribution < 1.29 is 9.84 Å². The number of nitrogens with two attached hydrogens (primary N) is 1. The van der Waals surface area contributed by atoms with Gasteiger partial charge < -0.3 is 15.6 Å². The summed E-state index contributed by atoms with van der Waals surface area (Å²) in [5.41, 5.74) is 7.18. The normalized spacial score (nSPS) is 22.2. The molecular weight excluding hydrogens is 240 g/mol. The van der Waals surface area contributed by atoms with E-state index in [9.17, 15) is 5.11 Å². The Balaban J connectivity index is 2.00. The molecule has 1 aromatic carbocycles. The van der Waals surface area contributed by atoms with Crippen molar-refractivity contribution in [1.29, 1.82) is 0 Å². The number of ether oxygens (including phenoxy) is 1. The Morgan fingerprint density at radius 1 is 1.53 bits per heavy atom. The highest BCUT2D eigenvalue weighted by Gasteiger charge is 2.22. The molecule has 0 aliphatic carbocycles. The lowest BCUT2D eigenvalue weighted by molar-refractivity contribution is 0.154. The quantitative estimate of drug-likeness (QED) is 0.873. The van der Waals surface area contributed by atoms with Crippen LogP contribution >= 0.6 is 0 Å². The molecule has 1 aliphatic heterocycles. The number of benzene rings is 1. The standard InChI is InChI=1S/C15H24N2O2/c1-11(16)13-4-3-7-17(10-13)9-12-5-6-14(18)15(8-12)19-2/h5-6,8,11,13,18H,3-4,7,9-10,16H2,1-2H3. The number of methoxy groups -OCH3 is 1. The van der Waals surface area contributed by atoms with Gasteiger partial charge in [0.15, 0.2) is 11.5 Å². The molecule has 1 aliphatic rings. The molecule has 0 aromatic heterocycles. The second kappa shape index (κ2) is 6.26. The van der Waals surface area contributed by atoms with Crippen molar-refractivity contribution in [3.8, 4) is 11.5 Å². The van der Waals surface area contributed by atoms with Crippen LogP contribution in [0, 0.1) is 5.92 Å². The second-order valence-corrected chi connectivity index (χ2v) is 5.50. The molecule has 1 aromatic rings. The number of likely N-dealkylation sites (tertiary alicyclic amines) is 1. The Morgan fingerprint density at radius 2 is 2.32 bits per heavy atom. The van der Waals surface area contributed by atoms with Gasteiger partial charge in [0.2, 0.25) is 0 Å². The van der Waals surface area contributed by atoms with Crippen LogP contribution in [0.5, 0.6) is 11.5 Å². The Labute approximate surface area is 115 Å². The topological polar surface area (TPSA) is 58.7 Å². The summed E-state index contributed by atoms with van der Waals surface area (Å²) in [5, 5.41) is 9.60. The third-order valence-corrected chi connectivity index (χ3v) is 3.94. The van der Waals surface area contributed by atoms with Gasteiger partial charge in [0, 0.05) is 19.1 Å². The zero-order valence-corrected chi connectivity index (χ0v) is 11.8. The smallest absolute Gasteiger partial charge is 0.160 e. The van der Waals surface area contributed by atoms with Gasteiger partial charge in [-0.1, -0.05) is 6.07 Å². The van der Waals surface area contributed by atoms with E-state index in [-0.39, 0.29) is 11.8 Å². The summed E-state index contributed by atoms with van der Waals surface area (Å²) in [6.45, 7) is 5.16. The Morgan fingerprint density at radius 3 is 3.00 bits per heavy atom. The molecule has 1 heterocycles. The van der Waals surface area contributed by atoms with Crippen LogP contribution in [0.1, 0.15) is 25.3 Å². The average Bonchev–Trinajstić information content (AvgIpc) is 2.41. The predicted molar refractivity (Wildman–Crippen MR) is 76.3 cm³/mol. The first-order chi connectivity index (χ1) is 9.10. The minimum atomic E-state index is 0.193. The molecule has 2 unspecified atom stereocenters. The number of piperidine rings is 1. The van der Waals surface area contributed by atoms with Crippen molar-refractivity contribution in [2.45, 2.75) is 32.4 Å². The van der Waals surface area contributed by atoms with E-state index < -0.39 is 0 Å². The first kappa shape index (κ1) is 14.2. The maximum absolute atomic E-state index is 9.60. The SMILES string of the molecule is COc1cc(CN2CCCC(C(C)N)C2)ccc1O. The fourth-order valence-electron chi connectivity index (χ4n) is 2.74. The van der Waals surface area contributed by atoms with Crippen LogP contribution in [0.25, 0.3) is 0 Å². The minimum absolute atomic E-state index is 0.193. The maximum atomic E-state index is 9.60. The largest absolute Gasteiger partial charge is 0.504 e. The summed E-state index contributed by atoms with van der Waals surface area (Å²) in [4.78, 5) is 2.43. The lowest BCUT2D eigenvalue weighted by Gasteiger charge is -2.34. The molecule has 4 heteroatoms. The van der Waals surface area contributed by atoms with Gasteiger partial charge in [-0.2, -0.15) is 0 Å². The van der Waals surface area contributed by atoms with E-state index >= 15 is 0 Å². The maximum Gasteiger partial charge on any atom is 0.160 e. The summed E-state index contributed by atoms with van der Waals surface area (Å²) < 4.78 is 5.15. The van der Waals surface area contributed by atoms with Crippen LogP contribution < -0.4 is 10.5 Å². The zero-order valence-electron chi connectivity index (χ0n) is 11.8. The molecule has 19 heavy (non-hydrogen) atoms. The molecule has 2 atom stereocenters. The molecule has 0 saturated carbocycles. The third-order valence-electron chi connectivity index (χ3n) is 3.94. The Kier molecular flexibility index (Phi) is 4.66. The number of hydrogen-bond acceptors (Lipinski definition) is 4. The third kappa shape index (κ3) is 3.61. The molecule has 1 saturated heterocycles. The number of phenols is 1. The fourth-order valence-corrected chi connectivity index (χ4v) is 2.74. The highest BCUT2D eigenvalue weighted by molar-refractivity contribution is 5.41. The van der Waals surface area contributed by atoms with E-state index in [1.165, 1.54) is 18.4 Å². The van der Waals surface area contributed by atoms with E-state index in [2.05, 4.69) is 11.8 Å². The number of aromatic hydroxyl groups is 1. The van der Waals surface area contributed by atoms with Crippen LogP contribution in [0.3, 0.4) is 0 Å². The van der Waals surface area contributed by atoms with Gasteiger partial charge in [-0.15, -0.1) is 0 Å². The molecule has 0 bridgehead atoms. The summed E-state index contributed by atoms with van der Waals surface area (Å²) in [6, 6.07) is 5.82. The summed E-state index contributed by atoms with van der Waals surface area (Å²) in [5.74, 6) is 1.32. The van der Waals surface area contributed by atoms with Gasteiger partial charge in [-0.05, 0) is 49.9 Å². The monoisotopic (exact) mass is 264 g/mol. The van der Waals surface area contributed by atoms with Gasteiger partial charge in [-0.25, -0.2) is 0 Å². The zero-order chi connectivity index (χ0) is 13.8. The van der Waals surface area contributed by atoms with E-state index in [1.54, 1.807) is 13.2 Å². The molecule has 0 radical (unpaired) electrons. The van der Waals surface area contributed by atoms with Crippen molar-refractivity contribution >= 4 is 0 Å². The first-order valence-electron chi connectivity index (χ1n) is 6.94. The van der Waals surface area contributed by atoms with Crippen LogP contribution in [-0.4, -0.2) is 36.2 Å². The van der Waals surface area contributed by atoms with Crippen molar-refractivity contribution in [3.05, 3.63) is 23.8 Å². The van der Waals surface area contributed by atoms with Crippen molar-refractivity contribution in [2.24, 2.45) is 11.7 Å². The molecule has 3 N–H and O–H groups in total. The van der Waals surface area contributed by atoms with Crippen molar-refractivity contribution in [3.63, 3.8) is 0 Å². The first-order valence-corrected chi connectivity index (χ1v) is 6.94. The number of phenolic OH excluding ortho intramolecular Hbond substituents is 1. The fraction of sp³-hybridized carbons (Fsp3) is 0.600. The van der Waals surface area contributed by atoms with Gasteiger partial charge >= 0.3 is 0 Å². The lowest BCUT2D eigenvalue weighted by Crippen LogP contribution is -2.41. The van der Waals surface area contributed by atoms with Crippen LogP contribution in [0.4, 0.5) is 0 Å². The predicted octanol–water partition coefficient (Wildman–Crippen LogP) is 1.96. The van der Waals surface area contributed by atoms with Gasteiger partial charge in [0.25, 0.3) is 0 Å². The number of nitrogens with zero attached hydrogens (tertiary/aromatic N) is 1. The van der Waals surface area contributed by atoms with E-state index in [0.717, 1.165) is 19.6 Å².